The predicted octanol–water partition coefficient (Wildman–Crippen LogP) is 3.36. The fourth-order valence-electron chi connectivity index (χ4n) is 2.07. The van der Waals surface area contributed by atoms with Crippen LogP contribution in [0.25, 0.3) is 11.0 Å². The summed E-state index contributed by atoms with van der Waals surface area (Å²) < 4.78 is 7.68. The standard InChI is InChI=1S/C15H22N2O3Si/c1-11-16-13-6-5-12(15(18)19)9-14(13)17(11)10-20-7-8-21(2,3)4/h5-6,9H,7-8,10H2,1-4H3,(H,18,19). The van der Waals surface area contributed by atoms with Crippen LogP contribution in [0.15, 0.2) is 18.2 Å². The number of benzene rings is 1. The third kappa shape index (κ3) is 3.92. The van der Waals surface area contributed by atoms with Crippen LogP contribution in [0.1, 0.15) is 16.2 Å². The maximum absolute atomic E-state index is 11.1. The normalized spacial score (nSPS) is 12.0. The lowest BCUT2D eigenvalue weighted by molar-refractivity contribution is 0.0696. The van der Waals surface area contributed by atoms with Crippen LogP contribution in [0.5, 0.6) is 0 Å². The number of rotatable bonds is 6. The average Bonchev–Trinajstić information content (AvgIpc) is 2.68. The Kier molecular flexibility index (Phi) is 4.48. The van der Waals surface area contributed by atoms with Crippen molar-refractivity contribution in [1.82, 2.24) is 9.55 Å². The number of ether oxygens (including phenoxy) is 1. The Morgan fingerprint density at radius 1 is 1.38 bits per heavy atom. The Hall–Kier alpha value is -1.66. The summed E-state index contributed by atoms with van der Waals surface area (Å²) in [5, 5.41) is 9.09. The molecule has 0 amide bonds. The first-order valence-electron chi connectivity index (χ1n) is 7.06. The average molecular weight is 306 g/mol. The van der Waals surface area contributed by atoms with E-state index >= 15 is 0 Å². The Morgan fingerprint density at radius 3 is 2.71 bits per heavy atom. The molecule has 0 aliphatic heterocycles. The van der Waals surface area contributed by atoms with Gasteiger partial charge in [0.15, 0.2) is 0 Å². The number of hydrogen-bond donors (Lipinski definition) is 1. The van der Waals surface area contributed by atoms with E-state index in [9.17, 15) is 4.79 Å². The quantitative estimate of drug-likeness (QED) is 0.656. The second kappa shape index (κ2) is 5.99. The molecule has 0 unspecified atom stereocenters. The molecule has 0 spiro atoms. The van der Waals surface area contributed by atoms with Crippen LogP contribution in [-0.4, -0.2) is 35.3 Å². The van der Waals surface area contributed by atoms with E-state index in [-0.39, 0.29) is 5.56 Å². The Bertz CT molecular complexity index is 659. The zero-order chi connectivity index (χ0) is 15.6. The number of aromatic carboxylic acids is 1. The van der Waals surface area contributed by atoms with Crippen LogP contribution in [-0.2, 0) is 11.5 Å². The van der Waals surface area contributed by atoms with Gasteiger partial charge in [-0.25, -0.2) is 9.78 Å². The minimum Gasteiger partial charge on any atom is -0.478 e. The van der Waals surface area contributed by atoms with E-state index in [4.69, 9.17) is 9.84 Å². The van der Waals surface area contributed by atoms with Gasteiger partial charge in [-0.15, -0.1) is 0 Å². The van der Waals surface area contributed by atoms with Crippen molar-refractivity contribution in [2.45, 2.75) is 39.3 Å². The van der Waals surface area contributed by atoms with Crippen LogP contribution >= 0.6 is 0 Å². The van der Waals surface area contributed by atoms with Crippen molar-refractivity contribution in [2.75, 3.05) is 6.61 Å². The molecule has 21 heavy (non-hydrogen) atoms. The fourth-order valence-corrected chi connectivity index (χ4v) is 2.83. The van der Waals surface area contributed by atoms with Crippen LogP contribution in [0, 0.1) is 6.92 Å². The van der Waals surface area contributed by atoms with Gasteiger partial charge in [0.25, 0.3) is 0 Å². The highest BCUT2D eigenvalue weighted by Gasteiger charge is 2.13. The van der Waals surface area contributed by atoms with Crippen LogP contribution in [0.2, 0.25) is 25.7 Å². The second-order valence-corrected chi connectivity index (χ2v) is 12.1. The highest BCUT2D eigenvalue weighted by molar-refractivity contribution is 6.76. The van der Waals surface area contributed by atoms with Gasteiger partial charge in [-0.2, -0.15) is 0 Å². The predicted molar refractivity (Wildman–Crippen MR) is 85.5 cm³/mol. The molecule has 0 bridgehead atoms. The van der Waals surface area contributed by atoms with Crippen molar-refractivity contribution in [1.29, 1.82) is 0 Å². The smallest absolute Gasteiger partial charge is 0.335 e. The lowest BCUT2D eigenvalue weighted by Gasteiger charge is -2.16. The number of carboxylic acids is 1. The number of carbonyl (C=O) groups is 1. The summed E-state index contributed by atoms with van der Waals surface area (Å²) in [5.41, 5.74) is 1.87. The molecule has 2 aromatic rings. The van der Waals surface area contributed by atoms with E-state index in [0.29, 0.717) is 6.73 Å². The highest BCUT2D eigenvalue weighted by Crippen LogP contribution is 2.18. The number of fused-ring (bicyclic) bond motifs is 1. The van der Waals surface area contributed by atoms with E-state index in [1.54, 1.807) is 18.2 Å². The summed E-state index contributed by atoms with van der Waals surface area (Å²) in [4.78, 5) is 15.5. The van der Waals surface area contributed by atoms with Gasteiger partial charge in [0.1, 0.15) is 12.6 Å². The molecular weight excluding hydrogens is 284 g/mol. The van der Waals surface area contributed by atoms with E-state index in [0.717, 1.165) is 29.5 Å². The molecule has 5 nitrogen and oxygen atoms in total. The van der Waals surface area contributed by atoms with Crippen molar-refractivity contribution in [2.24, 2.45) is 0 Å². The van der Waals surface area contributed by atoms with Crippen molar-refractivity contribution in [3.05, 3.63) is 29.6 Å². The molecule has 1 heterocycles. The maximum Gasteiger partial charge on any atom is 0.335 e. The van der Waals surface area contributed by atoms with Crippen molar-refractivity contribution >= 4 is 25.1 Å². The van der Waals surface area contributed by atoms with Crippen molar-refractivity contribution in [3.8, 4) is 0 Å². The van der Waals surface area contributed by atoms with Gasteiger partial charge in [-0.1, -0.05) is 19.6 Å². The van der Waals surface area contributed by atoms with Crippen molar-refractivity contribution in [3.63, 3.8) is 0 Å². The van der Waals surface area contributed by atoms with Gasteiger partial charge in [0.2, 0.25) is 0 Å². The number of carboxylic acid groups (broad SMARTS) is 1. The molecule has 0 fully saturated rings. The van der Waals surface area contributed by atoms with Crippen molar-refractivity contribution < 1.29 is 14.6 Å². The molecule has 0 radical (unpaired) electrons. The molecule has 1 aromatic heterocycles. The molecule has 1 aromatic carbocycles. The molecule has 1 N–H and O–H groups in total. The minimum absolute atomic E-state index is 0.269. The van der Waals surface area contributed by atoms with Gasteiger partial charge < -0.3 is 14.4 Å². The van der Waals surface area contributed by atoms with Gasteiger partial charge in [0, 0.05) is 14.7 Å². The molecular formula is C15H22N2O3Si. The van der Waals surface area contributed by atoms with E-state index in [1.165, 1.54) is 0 Å². The van der Waals surface area contributed by atoms with E-state index in [1.807, 2.05) is 11.5 Å². The van der Waals surface area contributed by atoms with Gasteiger partial charge >= 0.3 is 5.97 Å². The molecule has 114 valence electrons. The maximum atomic E-state index is 11.1. The number of aryl methyl sites for hydroxylation is 1. The molecule has 0 saturated carbocycles. The first-order valence-corrected chi connectivity index (χ1v) is 10.8. The fraction of sp³-hybridized carbons (Fsp3) is 0.467. The van der Waals surface area contributed by atoms with Crippen LogP contribution in [0.4, 0.5) is 0 Å². The molecule has 0 saturated heterocycles. The zero-order valence-electron chi connectivity index (χ0n) is 13.0. The van der Waals surface area contributed by atoms with Crippen LogP contribution in [0.3, 0.4) is 0 Å². The minimum atomic E-state index is -1.10. The molecule has 2 rings (SSSR count). The van der Waals surface area contributed by atoms with E-state index in [2.05, 4.69) is 24.6 Å². The van der Waals surface area contributed by atoms with Gasteiger partial charge in [0.05, 0.1) is 16.6 Å². The van der Waals surface area contributed by atoms with Gasteiger partial charge in [-0.3, -0.25) is 0 Å². The lowest BCUT2D eigenvalue weighted by Crippen LogP contribution is -2.22. The summed E-state index contributed by atoms with van der Waals surface area (Å²) in [6.45, 7) is 9.99. The lowest BCUT2D eigenvalue weighted by atomic mass is 10.2. The summed E-state index contributed by atoms with van der Waals surface area (Å²) in [6, 6.07) is 6.08. The Balaban J connectivity index is 2.16. The Morgan fingerprint density at radius 2 is 2.10 bits per heavy atom. The topological polar surface area (TPSA) is 64.3 Å². The Labute approximate surface area is 125 Å². The molecule has 0 aliphatic carbocycles. The number of aromatic nitrogens is 2. The third-order valence-corrected chi connectivity index (χ3v) is 5.11. The second-order valence-electron chi connectivity index (χ2n) is 6.44. The summed E-state index contributed by atoms with van der Waals surface area (Å²) in [6.07, 6.45) is 0. The largest absolute Gasteiger partial charge is 0.478 e. The first kappa shape index (κ1) is 15.7. The highest BCUT2D eigenvalue weighted by atomic mass is 28.3. The third-order valence-electron chi connectivity index (χ3n) is 3.40. The number of imidazole rings is 1. The van der Waals surface area contributed by atoms with E-state index < -0.39 is 14.0 Å². The monoisotopic (exact) mass is 306 g/mol. The molecule has 0 atom stereocenters. The molecule has 0 aliphatic rings. The summed E-state index contributed by atoms with van der Waals surface area (Å²) in [5.74, 6) is -0.0949. The summed E-state index contributed by atoms with van der Waals surface area (Å²) in [7, 11) is -1.10. The SMILES string of the molecule is Cc1nc2ccc(C(=O)O)cc2n1COCC[Si](C)(C)C. The zero-order valence-corrected chi connectivity index (χ0v) is 14.0. The number of hydrogen-bond acceptors (Lipinski definition) is 3. The number of nitrogens with zero attached hydrogens (tertiary/aromatic N) is 2. The summed E-state index contributed by atoms with van der Waals surface area (Å²) >= 11 is 0. The molecule has 6 heteroatoms. The van der Waals surface area contributed by atoms with Gasteiger partial charge in [-0.05, 0) is 31.2 Å². The first-order chi connectivity index (χ1) is 9.78. The van der Waals surface area contributed by atoms with Crippen LogP contribution < -0.4 is 0 Å².